The van der Waals surface area contributed by atoms with Gasteiger partial charge in [-0.3, -0.25) is 4.79 Å². The van der Waals surface area contributed by atoms with Gasteiger partial charge < -0.3 is 15.5 Å². The van der Waals surface area contributed by atoms with E-state index in [0.29, 0.717) is 11.1 Å². The quantitative estimate of drug-likeness (QED) is 0.849. The van der Waals surface area contributed by atoms with Crippen LogP contribution < -0.4 is 10.6 Å². The molecule has 0 aliphatic heterocycles. The summed E-state index contributed by atoms with van der Waals surface area (Å²) >= 11 is 1.56. The second-order valence-corrected chi connectivity index (χ2v) is 5.90. The number of hydrogen-bond donors (Lipinski definition) is 1. The second-order valence-electron chi connectivity index (χ2n) is 4.89. The van der Waals surface area contributed by atoms with Crippen molar-refractivity contribution in [2.45, 2.75) is 13.8 Å². The lowest BCUT2D eigenvalue weighted by Crippen LogP contribution is -2.33. The zero-order valence-corrected chi connectivity index (χ0v) is 13.5. The van der Waals surface area contributed by atoms with Crippen molar-refractivity contribution in [2.75, 3.05) is 38.1 Å². The van der Waals surface area contributed by atoms with E-state index in [9.17, 15) is 4.79 Å². The van der Waals surface area contributed by atoms with E-state index < -0.39 is 5.91 Å². The molecule has 1 radical (unpaired) electrons. The van der Waals surface area contributed by atoms with Crippen molar-refractivity contribution in [3.05, 3.63) is 23.8 Å². The van der Waals surface area contributed by atoms with Crippen molar-refractivity contribution in [2.24, 2.45) is 5.73 Å². The Bertz CT molecular complexity index is 621. The van der Waals surface area contributed by atoms with E-state index in [-0.39, 0.29) is 0 Å². The zero-order valence-electron chi connectivity index (χ0n) is 12.7. The average molecular weight is 305 g/mol. The molecule has 1 aromatic carbocycles. The Hall–Kier alpha value is -1.66. The molecule has 0 atom stereocenters. The lowest BCUT2D eigenvalue weighted by atomic mass is 10.2. The molecular formula is C15H21N4OS. The summed E-state index contributed by atoms with van der Waals surface area (Å²) in [6.07, 6.45) is 0. The number of hydrogen-bond acceptors (Lipinski definition) is 5. The Labute approximate surface area is 129 Å². The number of anilines is 1. The highest BCUT2D eigenvalue weighted by Crippen LogP contribution is 2.29. The third kappa shape index (κ3) is 3.51. The minimum Gasteiger partial charge on any atom is -0.366 e. The predicted octanol–water partition coefficient (Wildman–Crippen LogP) is 1.97. The Morgan fingerprint density at radius 2 is 2.05 bits per heavy atom. The number of carbonyl (C=O) groups excluding carboxylic acids is 1. The van der Waals surface area contributed by atoms with E-state index in [0.717, 1.165) is 36.0 Å². The standard InChI is InChI=1S/C15H21N4OS/c1-4-19(5-2)10-9-18(3)15-17-13-11(14(16)20)7-6-8-12(13)21-15/h7-8H,4-5,9-10H2,1-3H3,(H2,16,20). The van der Waals surface area contributed by atoms with Gasteiger partial charge in [-0.1, -0.05) is 25.2 Å². The van der Waals surface area contributed by atoms with Gasteiger partial charge in [0.1, 0.15) is 0 Å². The lowest BCUT2D eigenvalue weighted by Gasteiger charge is -2.22. The smallest absolute Gasteiger partial charge is 0.250 e. The molecule has 0 spiro atoms. The molecule has 5 nitrogen and oxygen atoms in total. The van der Waals surface area contributed by atoms with Gasteiger partial charge in [-0.2, -0.15) is 0 Å². The molecule has 0 saturated carbocycles. The number of nitrogens with two attached hydrogens (primary N) is 1. The fourth-order valence-electron chi connectivity index (χ4n) is 2.16. The lowest BCUT2D eigenvalue weighted by molar-refractivity contribution is 0.100. The molecule has 2 aromatic rings. The Kier molecular flexibility index (Phi) is 5.14. The second kappa shape index (κ2) is 6.87. The molecule has 6 heteroatoms. The van der Waals surface area contributed by atoms with Gasteiger partial charge in [0.15, 0.2) is 5.13 Å². The zero-order chi connectivity index (χ0) is 15.4. The molecule has 1 heterocycles. The first-order valence-electron chi connectivity index (χ1n) is 7.10. The fraction of sp³-hybridized carbons (Fsp3) is 0.467. The fourth-order valence-corrected chi connectivity index (χ4v) is 3.12. The van der Waals surface area contributed by atoms with Crippen molar-refractivity contribution >= 4 is 32.6 Å². The van der Waals surface area contributed by atoms with Gasteiger partial charge in [-0.15, -0.1) is 0 Å². The molecule has 21 heavy (non-hydrogen) atoms. The molecule has 0 fully saturated rings. The largest absolute Gasteiger partial charge is 0.366 e. The molecule has 1 aromatic heterocycles. The Balaban J connectivity index is 2.19. The maximum Gasteiger partial charge on any atom is 0.250 e. The van der Waals surface area contributed by atoms with Crippen LogP contribution in [0.4, 0.5) is 5.13 Å². The van der Waals surface area contributed by atoms with Crippen LogP contribution in [0.2, 0.25) is 0 Å². The Morgan fingerprint density at radius 3 is 2.67 bits per heavy atom. The van der Waals surface area contributed by atoms with Gasteiger partial charge in [-0.25, -0.2) is 4.98 Å². The maximum atomic E-state index is 11.4. The van der Waals surface area contributed by atoms with Gasteiger partial charge in [-0.05, 0) is 31.3 Å². The summed E-state index contributed by atoms with van der Waals surface area (Å²) in [5, 5.41) is 0.902. The molecule has 0 aliphatic rings. The Morgan fingerprint density at radius 1 is 1.33 bits per heavy atom. The highest BCUT2D eigenvalue weighted by Gasteiger charge is 2.14. The highest BCUT2D eigenvalue weighted by molar-refractivity contribution is 7.22. The van der Waals surface area contributed by atoms with Crippen LogP contribution in [0.3, 0.4) is 0 Å². The molecule has 2 N–H and O–H groups in total. The van der Waals surface area contributed by atoms with Gasteiger partial charge >= 0.3 is 0 Å². The molecule has 1 amide bonds. The first-order valence-corrected chi connectivity index (χ1v) is 7.92. The third-order valence-corrected chi connectivity index (χ3v) is 4.69. The highest BCUT2D eigenvalue weighted by atomic mass is 32.1. The van der Waals surface area contributed by atoms with E-state index in [1.165, 1.54) is 0 Å². The van der Waals surface area contributed by atoms with Crippen LogP contribution in [0.15, 0.2) is 12.1 Å². The van der Waals surface area contributed by atoms with Crippen LogP contribution in [0, 0.1) is 6.07 Å². The minimum absolute atomic E-state index is 0.437. The van der Waals surface area contributed by atoms with E-state index in [4.69, 9.17) is 5.73 Å². The summed E-state index contributed by atoms with van der Waals surface area (Å²) in [5.74, 6) is -0.459. The van der Waals surface area contributed by atoms with Crippen molar-refractivity contribution in [3.8, 4) is 0 Å². The number of thiazole rings is 1. The first-order chi connectivity index (χ1) is 10.1. The SMILES string of the molecule is CCN(CC)CCN(C)c1nc2c(C(N)=O)c[c]cc2s1. The number of primary amides is 1. The maximum absolute atomic E-state index is 11.4. The van der Waals surface area contributed by atoms with Gasteiger partial charge in [0, 0.05) is 20.1 Å². The minimum atomic E-state index is -0.459. The number of likely N-dealkylation sites (N-methyl/N-ethyl adjacent to an activating group) is 2. The summed E-state index contributed by atoms with van der Waals surface area (Å²) in [7, 11) is 2.02. The van der Waals surface area contributed by atoms with Crippen molar-refractivity contribution in [3.63, 3.8) is 0 Å². The summed E-state index contributed by atoms with van der Waals surface area (Å²) in [6.45, 7) is 8.31. The summed E-state index contributed by atoms with van der Waals surface area (Å²) < 4.78 is 0.941. The predicted molar refractivity (Wildman–Crippen MR) is 88.0 cm³/mol. The van der Waals surface area contributed by atoms with E-state index in [1.54, 1.807) is 17.4 Å². The number of carbonyl (C=O) groups is 1. The number of nitrogens with zero attached hydrogens (tertiary/aromatic N) is 3. The van der Waals surface area contributed by atoms with Gasteiger partial charge in [0.2, 0.25) is 0 Å². The van der Waals surface area contributed by atoms with E-state index in [2.05, 4.69) is 34.7 Å². The average Bonchev–Trinajstić information content (AvgIpc) is 2.91. The van der Waals surface area contributed by atoms with Crippen molar-refractivity contribution < 1.29 is 4.79 Å². The molecule has 0 aliphatic carbocycles. The van der Waals surface area contributed by atoms with Crippen LogP contribution in [-0.4, -0.2) is 49.0 Å². The monoisotopic (exact) mass is 305 g/mol. The number of aromatic nitrogens is 1. The molecule has 0 bridgehead atoms. The van der Waals surface area contributed by atoms with E-state index in [1.807, 2.05) is 13.1 Å². The first kappa shape index (κ1) is 15.7. The van der Waals surface area contributed by atoms with Crippen molar-refractivity contribution in [1.82, 2.24) is 9.88 Å². The number of benzene rings is 1. The van der Waals surface area contributed by atoms with Crippen LogP contribution >= 0.6 is 11.3 Å². The topological polar surface area (TPSA) is 62.5 Å². The summed E-state index contributed by atoms with van der Waals surface area (Å²) in [4.78, 5) is 20.5. The summed E-state index contributed by atoms with van der Waals surface area (Å²) in [6, 6.07) is 6.40. The van der Waals surface area contributed by atoms with Gasteiger partial charge in [0.05, 0.1) is 15.8 Å². The van der Waals surface area contributed by atoms with Crippen molar-refractivity contribution in [1.29, 1.82) is 0 Å². The molecule has 0 saturated heterocycles. The van der Waals surface area contributed by atoms with Crippen LogP contribution in [0.1, 0.15) is 24.2 Å². The van der Waals surface area contributed by atoms with E-state index >= 15 is 0 Å². The van der Waals surface area contributed by atoms with Crippen LogP contribution in [0.25, 0.3) is 10.2 Å². The molecule has 2 rings (SSSR count). The summed E-state index contributed by atoms with van der Waals surface area (Å²) in [5.41, 5.74) is 6.50. The number of amides is 1. The molecule has 0 unspecified atom stereocenters. The number of fused-ring (bicyclic) bond motifs is 1. The van der Waals surface area contributed by atoms with Crippen LogP contribution in [0.5, 0.6) is 0 Å². The van der Waals surface area contributed by atoms with Crippen LogP contribution in [-0.2, 0) is 0 Å². The molecule has 113 valence electrons. The normalized spacial score (nSPS) is 11.2. The number of rotatable bonds is 7. The third-order valence-electron chi connectivity index (χ3n) is 3.58. The molecular weight excluding hydrogens is 284 g/mol. The van der Waals surface area contributed by atoms with Gasteiger partial charge in [0.25, 0.3) is 5.91 Å².